The van der Waals surface area contributed by atoms with Crippen LogP contribution < -0.4 is 5.32 Å². The van der Waals surface area contributed by atoms with E-state index < -0.39 is 0 Å². The monoisotopic (exact) mass is 439 g/mol. The van der Waals surface area contributed by atoms with Gasteiger partial charge in [0.25, 0.3) is 0 Å². The Morgan fingerprint density at radius 3 is 2.43 bits per heavy atom. The third-order valence-electron chi connectivity index (χ3n) is 4.47. The maximum Gasteiger partial charge on any atom is 0.193 e. The summed E-state index contributed by atoms with van der Waals surface area (Å²) in [6, 6.07) is 0. The predicted molar refractivity (Wildman–Crippen MR) is 111 cm³/mol. The summed E-state index contributed by atoms with van der Waals surface area (Å²) in [7, 11) is 4.02. The number of nitrogens with one attached hydrogen (secondary N) is 1. The second-order valence-electron chi connectivity index (χ2n) is 7.93. The molecule has 0 spiro atoms. The van der Waals surface area contributed by atoms with Crippen molar-refractivity contribution in [3.05, 3.63) is 0 Å². The highest BCUT2D eigenvalue weighted by atomic mass is 127. The highest BCUT2D eigenvalue weighted by molar-refractivity contribution is 14.0. The zero-order valence-corrected chi connectivity index (χ0v) is 18.4. The highest BCUT2D eigenvalue weighted by Crippen LogP contribution is 2.24. The molecule has 1 heterocycles. The van der Waals surface area contributed by atoms with Gasteiger partial charge in [0, 0.05) is 40.4 Å². The molecule has 1 N–H and O–H groups in total. The fraction of sp³-hybridized carbons (Fsp3) is 0.944. The number of rotatable bonds is 7. The van der Waals surface area contributed by atoms with Crippen molar-refractivity contribution < 1.29 is 4.74 Å². The Morgan fingerprint density at radius 1 is 1.30 bits per heavy atom. The van der Waals surface area contributed by atoms with E-state index in [1.165, 1.54) is 25.7 Å². The Kier molecular flexibility index (Phi) is 11.5. The molecule has 0 aromatic rings. The summed E-state index contributed by atoms with van der Waals surface area (Å²) in [5.41, 5.74) is 0.297. The average Bonchev–Trinajstić information content (AvgIpc) is 2.45. The standard InChI is InChI=1S/C18H37N3O.HI/c1-15(2)13-18(3,4)14-20-17(19-5)21(6)10-7-16-8-11-22-12-9-16;/h15-16H,7-14H2,1-6H3,(H,19,20);1H. The SMILES string of the molecule is CN=C(NCC(C)(C)CC(C)C)N(C)CCC1CCOCC1.I. The van der Waals surface area contributed by atoms with Gasteiger partial charge in [0.05, 0.1) is 0 Å². The minimum absolute atomic E-state index is 0. The summed E-state index contributed by atoms with van der Waals surface area (Å²) >= 11 is 0. The first-order valence-electron chi connectivity index (χ1n) is 8.83. The normalized spacial score (nSPS) is 17.1. The molecular weight excluding hydrogens is 401 g/mol. The van der Waals surface area contributed by atoms with Crippen LogP contribution in [0.4, 0.5) is 0 Å². The Balaban J connectivity index is 0.00000484. The van der Waals surface area contributed by atoms with Gasteiger partial charge in [0.1, 0.15) is 0 Å². The van der Waals surface area contributed by atoms with Gasteiger partial charge in [-0.15, -0.1) is 24.0 Å². The second-order valence-corrected chi connectivity index (χ2v) is 7.93. The summed E-state index contributed by atoms with van der Waals surface area (Å²) < 4.78 is 5.43. The molecule has 138 valence electrons. The third kappa shape index (κ3) is 9.75. The molecule has 1 aliphatic heterocycles. The summed E-state index contributed by atoms with van der Waals surface area (Å²) in [6.07, 6.45) is 4.88. The minimum atomic E-state index is 0. The molecule has 0 bridgehead atoms. The Hall–Kier alpha value is -0.0400. The van der Waals surface area contributed by atoms with Crippen LogP contribution in [0.5, 0.6) is 0 Å². The molecular formula is C18H38IN3O. The van der Waals surface area contributed by atoms with Gasteiger partial charge in [-0.1, -0.05) is 27.7 Å². The molecule has 1 fully saturated rings. The van der Waals surface area contributed by atoms with Crippen LogP contribution in [0.1, 0.15) is 53.4 Å². The van der Waals surface area contributed by atoms with Crippen molar-refractivity contribution in [3.63, 3.8) is 0 Å². The van der Waals surface area contributed by atoms with Crippen molar-refractivity contribution in [1.29, 1.82) is 0 Å². The van der Waals surface area contributed by atoms with Crippen molar-refractivity contribution in [2.45, 2.75) is 53.4 Å². The van der Waals surface area contributed by atoms with Crippen molar-refractivity contribution in [1.82, 2.24) is 10.2 Å². The van der Waals surface area contributed by atoms with Gasteiger partial charge in [0.15, 0.2) is 5.96 Å². The number of hydrogen-bond acceptors (Lipinski definition) is 2. The van der Waals surface area contributed by atoms with Crippen molar-refractivity contribution >= 4 is 29.9 Å². The Labute approximate surface area is 160 Å². The number of aliphatic imine (C=N–C) groups is 1. The third-order valence-corrected chi connectivity index (χ3v) is 4.47. The number of hydrogen-bond donors (Lipinski definition) is 1. The lowest BCUT2D eigenvalue weighted by atomic mass is 9.84. The maximum absolute atomic E-state index is 5.43. The van der Waals surface area contributed by atoms with Gasteiger partial charge < -0.3 is 15.0 Å². The zero-order valence-electron chi connectivity index (χ0n) is 16.0. The first-order chi connectivity index (χ1) is 10.3. The van der Waals surface area contributed by atoms with Gasteiger partial charge in [0.2, 0.25) is 0 Å². The zero-order chi connectivity index (χ0) is 16.6. The van der Waals surface area contributed by atoms with Crippen LogP contribution in [-0.2, 0) is 4.74 Å². The van der Waals surface area contributed by atoms with Crippen LogP contribution in [0, 0.1) is 17.3 Å². The topological polar surface area (TPSA) is 36.9 Å². The van der Waals surface area contributed by atoms with E-state index in [1.807, 2.05) is 7.05 Å². The van der Waals surface area contributed by atoms with E-state index in [-0.39, 0.29) is 24.0 Å². The Bertz CT molecular complexity index is 339. The quantitative estimate of drug-likeness (QED) is 0.370. The van der Waals surface area contributed by atoms with E-state index in [9.17, 15) is 0 Å². The fourth-order valence-electron chi connectivity index (χ4n) is 3.40. The average molecular weight is 439 g/mol. The lowest BCUT2D eigenvalue weighted by molar-refractivity contribution is 0.0625. The molecule has 1 rings (SSSR count). The lowest BCUT2D eigenvalue weighted by Crippen LogP contribution is -2.44. The van der Waals surface area contributed by atoms with Crippen LogP contribution in [0.15, 0.2) is 4.99 Å². The Morgan fingerprint density at radius 2 is 1.91 bits per heavy atom. The molecule has 0 radical (unpaired) electrons. The summed E-state index contributed by atoms with van der Waals surface area (Å²) in [6.45, 7) is 13.1. The van der Waals surface area contributed by atoms with Gasteiger partial charge in [-0.3, -0.25) is 4.99 Å². The molecule has 4 nitrogen and oxygen atoms in total. The second kappa shape index (κ2) is 11.5. The molecule has 23 heavy (non-hydrogen) atoms. The molecule has 0 aliphatic carbocycles. The molecule has 0 atom stereocenters. The van der Waals surface area contributed by atoms with E-state index in [0.717, 1.165) is 44.1 Å². The number of ether oxygens (including phenoxy) is 1. The van der Waals surface area contributed by atoms with Crippen LogP contribution in [0.3, 0.4) is 0 Å². The van der Waals surface area contributed by atoms with E-state index in [4.69, 9.17) is 4.74 Å². The molecule has 0 unspecified atom stereocenters. The van der Waals surface area contributed by atoms with Crippen LogP contribution in [0.25, 0.3) is 0 Å². The maximum atomic E-state index is 5.43. The van der Waals surface area contributed by atoms with E-state index >= 15 is 0 Å². The smallest absolute Gasteiger partial charge is 0.193 e. The first kappa shape index (κ1) is 23.0. The molecule has 0 aromatic heterocycles. The number of nitrogens with zero attached hydrogens (tertiary/aromatic N) is 2. The van der Waals surface area contributed by atoms with Crippen LogP contribution >= 0.6 is 24.0 Å². The molecule has 1 aliphatic rings. The largest absolute Gasteiger partial charge is 0.381 e. The summed E-state index contributed by atoms with van der Waals surface area (Å²) in [5.74, 6) is 2.56. The number of guanidine groups is 1. The van der Waals surface area contributed by atoms with E-state index in [0.29, 0.717) is 5.41 Å². The summed E-state index contributed by atoms with van der Waals surface area (Å²) in [4.78, 5) is 6.71. The van der Waals surface area contributed by atoms with Crippen molar-refractivity contribution in [2.24, 2.45) is 22.2 Å². The van der Waals surface area contributed by atoms with Gasteiger partial charge in [-0.05, 0) is 42.9 Å². The molecule has 1 saturated heterocycles. The lowest BCUT2D eigenvalue weighted by Gasteiger charge is -2.31. The van der Waals surface area contributed by atoms with Crippen LogP contribution in [-0.4, -0.2) is 51.3 Å². The van der Waals surface area contributed by atoms with E-state index in [2.05, 4.69) is 50.0 Å². The van der Waals surface area contributed by atoms with E-state index in [1.54, 1.807) is 0 Å². The molecule has 0 aromatic carbocycles. The highest BCUT2D eigenvalue weighted by Gasteiger charge is 2.21. The number of halogens is 1. The van der Waals surface area contributed by atoms with Gasteiger partial charge in [-0.2, -0.15) is 0 Å². The fourth-order valence-corrected chi connectivity index (χ4v) is 3.40. The van der Waals surface area contributed by atoms with Gasteiger partial charge in [-0.25, -0.2) is 0 Å². The minimum Gasteiger partial charge on any atom is -0.381 e. The summed E-state index contributed by atoms with van der Waals surface area (Å²) in [5, 5.41) is 3.55. The predicted octanol–water partition coefficient (Wildman–Crippen LogP) is 4.00. The molecule has 0 amide bonds. The molecule has 5 heteroatoms. The first-order valence-corrected chi connectivity index (χ1v) is 8.83. The van der Waals surface area contributed by atoms with Crippen LogP contribution in [0.2, 0.25) is 0 Å². The van der Waals surface area contributed by atoms with Gasteiger partial charge >= 0.3 is 0 Å². The van der Waals surface area contributed by atoms with Crippen molar-refractivity contribution in [3.8, 4) is 0 Å². The van der Waals surface area contributed by atoms with Crippen molar-refractivity contribution in [2.75, 3.05) is 40.4 Å². The molecule has 0 saturated carbocycles.